The van der Waals surface area contributed by atoms with Crippen molar-refractivity contribution in [2.75, 3.05) is 12.4 Å². The van der Waals surface area contributed by atoms with Crippen molar-refractivity contribution in [3.05, 3.63) is 113 Å². The molecule has 0 bridgehead atoms. The first-order chi connectivity index (χ1) is 20.8. The summed E-state index contributed by atoms with van der Waals surface area (Å²) in [4.78, 5) is 31.0. The van der Waals surface area contributed by atoms with Crippen LogP contribution in [0, 0.1) is 12.7 Å². The van der Waals surface area contributed by atoms with Gasteiger partial charge in [0.15, 0.2) is 0 Å². The minimum Gasteiger partial charge on any atom is -0.320 e. The lowest BCUT2D eigenvalue weighted by Gasteiger charge is -2.17. The Morgan fingerprint density at radius 3 is 2.58 bits per heavy atom. The minimum absolute atomic E-state index is 0.174. The minimum atomic E-state index is -0.481. The van der Waals surface area contributed by atoms with Crippen molar-refractivity contribution >= 4 is 22.5 Å². The number of hydrogen-bond acceptors (Lipinski definition) is 6. The molecule has 10 nitrogen and oxygen atoms in total. The predicted octanol–water partition coefficient (Wildman–Crippen LogP) is 4.68. The van der Waals surface area contributed by atoms with Crippen LogP contribution in [0.3, 0.4) is 0 Å². The van der Waals surface area contributed by atoms with Gasteiger partial charge < -0.3 is 19.8 Å². The summed E-state index contributed by atoms with van der Waals surface area (Å²) in [6.45, 7) is 3.85. The molecule has 6 aromatic rings. The summed E-state index contributed by atoms with van der Waals surface area (Å²) in [6.07, 6.45) is 7.09. The Morgan fingerprint density at radius 1 is 1.05 bits per heavy atom. The van der Waals surface area contributed by atoms with E-state index in [0.29, 0.717) is 11.4 Å². The number of nitrogens with one attached hydrogen (secondary N) is 3. The van der Waals surface area contributed by atoms with Crippen molar-refractivity contribution in [3.8, 4) is 28.2 Å². The standard InChI is InChI=1S/C32H29FN8O2/c1-19-17-40(30-10-8-24(33)13-26(19)30)25-12-21(14-35-15-25)18-41-29(11-9-27(32(41)43)37-31(42)20(2)34-3)23-6-4-22(5-7-23)28-16-36-39-38-28/h4-17,20,34H,18H2,1-3H3,(H,37,42)(H,36,38,39)/t20-/m0/s1. The zero-order valence-electron chi connectivity index (χ0n) is 23.8. The number of anilines is 1. The average molecular weight is 577 g/mol. The molecule has 0 fully saturated rings. The van der Waals surface area contributed by atoms with Crippen LogP contribution in [0.15, 0.2) is 90.2 Å². The first kappa shape index (κ1) is 27.7. The second-order valence-electron chi connectivity index (χ2n) is 10.4. The molecular formula is C32H29FN8O2. The number of carbonyl (C=O) groups excluding carboxylic acids is 1. The van der Waals surface area contributed by atoms with Gasteiger partial charge in [0.2, 0.25) is 5.91 Å². The number of benzene rings is 2. The third-order valence-electron chi connectivity index (χ3n) is 7.52. The second kappa shape index (κ2) is 11.5. The molecule has 0 aliphatic rings. The molecule has 6 rings (SSSR count). The maximum absolute atomic E-state index is 13.9. The first-order valence-corrected chi connectivity index (χ1v) is 13.7. The maximum Gasteiger partial charge on any atom is 0.275 e. The van der Waals surface area contributed by atoms with Gasteiger partial charge in [0, 0.05) is 29.5 Å². The number of amides is 1. The number of fused-ring (bicyclic) bond motifs is 1. The molecule has 0 saturated heterocycles. The van der Waals surface area contributed by atoms with Gasteiger partial charge in [-0.25, -0.2) is 4.39 Å². The topological polar surface area (TPSA) is 123 Å². The number of likely N-dealkylation sites (N-methyl/N-ethyl adjacent to an activating group) is 1. The molecule has 0 aliphatic heterocycles. The number of pyridine rings is 2. The van der Waals surface area contributed by atoms with E-state index in [0.717, 1.165) is 38.8 Å². The summed E-state index contributed by atoms with van der Waals surface area (Å²) in [5.41, 5.74) is 6.23. The van der Waals surface area contributed by atoms with Gasteiger partial charge in [-0.05, 0) is 74.0 Å². The van der Waals surface area contributed by atoms with Gasteiger partial charge in [-0.3, -0.25) is 19.7 Å². The summed E-state index contributed by atoms with van der Waals surface area (Å²) < 4.78 is 17.5. The third-order valence-corrected chi connectivity index (χ3v) is 7.52. The second-order valence-corrected chi connectivity index (χ2v) is 10.4. The zero-order valence-corrected chi connectivity index (χ0v) is 23.8. The van der Waals surface area contributed by atoms with Gasteiger partial charge in [0.1, 0.15) is 17.2 Å². The van der Waals surface area contributed by atoms with Gasteiger partial charge in [0.25, 0.3) is 5.56 Å². The van der Waals surface area contributed by atoms with E-state index in [9.17, 15) is 14.0 Å². The van der Waals surface area contributed by atoms with Crippen LogP contribution < -0.4 is 16.2 Å². The Morgan fingerprint density at radius 2 is 1.84 bits per heavy atom. The molecule has 1 atom stereocenters. The lowest BCUT2D eigenvalue weighted by molar-refractivity contribution is -0.117. The fourth-order valence-electron chi connectivity index (χ4n) is 5.06. The van der Waals surface area contributed by atoms with E-state index < -0.39 is 6.04 Å². The SMILES string of the molecule is CN[C@@H](C)C(=O)Nc1ccc(-c2ccc(-c3c[nH]nn3)cc2)n(Cc2cncc(-n3cc(C)c4cc(F)ccc43)c2)c1=O. The lowest BCUT2D eigenvalue weighted by atomic mass is 10.1. The molecule has 11 heteroatoms. The number of hydrogen-bond donors (Lipinski definition) is 3. The van der Waals surface area contributed by atoms with Crippen LogP contribution in [0.25, 0.3) is 39.1 Å². The highest BCUT2D eigenvalue weighted by atomic mass is 19.1. The van der Waals surface area contributed by atoms with Crippen LogP contribution in [-0.4, -0.2) is 48.5 Å². The van der Waals surface area contributed by atoms with Crippen LogP contribution in [0.4, 0.5) is 10.1 Å². The highest BCUT2D eigenvalue weighted by molar-refractivity contribution is 5.94. The van der Waals surface area contributed by atoms with Crippen LogP contribution in [0.2, 0.25) is 0 Å². The number of carbonyl (C=O) groups is 1. The van der Waals surface area contributed by atoms with Crippen LogP contribution >= 0.6 is 0 Å². The highest BCUT2D eigenvalue weighted by Crippen LogP contribution is 2.27. The van der Waals surface area contributed by atoms with E-state index in [-0.39, 0.29) is 29.5 Å². The number of aromatic nitrogens is 6. The molecule has 3 N–H and O–H groups in total. The van der Waals surface area contributed by atoms with Crippen LogP contribution in [0.5, 0.6) is 0 Å². The predicted molar refractivity (Wildman–Crippen MR) is 164 cm³/mol. The van der Waals surface area contributed by atoms with Gasteiger partial charge >= 0.3 is 0 Å². The van der Waals surface area contributed by atoms with Crippen molar-refractivity contribution < 1.29 is 9.18 Å². The Bertz CT molecular complexity index is 2000. The molecule has 4 aromatic heterocycles. The number of nitrogens with zero attached hydrogens (tertiary/aromatic N) is 5. The largest absolute Gasteiger partial charge is 0.320 e. The molecule has 0 aliphatic carbocycles. The lowest BCUT2D eigenvalue weighted by Crippen LogP contribution is -2.37. The van der Waals surface area contributed by atoms with Gasteiger partial charge in [-0.15, -0.1) is 5.10 Å². The molecule has 0 spiro atoms. The summed E-state index contributed by atoms with van der Waals surface area (Å²) in [6, 6.07) is 17.3. The molecule has 0 unspecified atom stereocenters. The average Bonchev–Trinajstić information content (AvgIpc) is 3.67. The smallest absolute Gasteiger partial charge is 0.275 e. The molecular weight excluding hydrogens is 547 g/mol. The summed E-state index contributed by atoms with van der Waals surface area (Å²) in [5.74, 6) is -0.608. The normalized spacial score (nSPS) is 12.0. The Balaban J connectivity index is 1.41. The van der Waals surface area contributed by atoms with E-state index in [1.807, 2.05) is 54.1 Å². The fraction of sp³-hybridized carbons (Fsp3) is 0.156. The summed E-state index contributed by atoms with van der Waals surface area (Å²) in [5, 5.41) is 17.0. The molecule has 1 amide bonds. The van der Waals surface area contributed by atoms with E-state index in [2.05, 4.69) is 31.0 Å². The van der Waals surface area contributed by atoms with Gasteiger partial charge in [0.05, 0.1) is 35.7 Å². The maximum atomic E-state index is 13.9. The fourth-order valence-corrected chi connectivity index (χ4v) is 5.06. The Labute approximate surface area is 246 Å². The number of rotatable bonds is 8. The van der Waals surface area contributed by atoms with Crippen molar-refractivity contribution in [1.29, 1.82) is 0 Å². The summed E-state index contributed by atoms with van der Waals surface area (Å²) in [7, 11) is 1.68. The number of halogens is 1. The van der Waals surface area contributed by atoms with E-state index in [4.69, 9.17) is 0 Å². The molecule has 0 saturated carbocycles. The van der Waals surface area contributed by atoms with E-state index in [1.165, 1.54) is 12.1 Å². The molecule has 2 aromatic carbocycles. The van der Waals surface area contributed by atoms with Crippen LogP contribution in [-0.2, 0) is 11.3 Å². The Hall–Kier alpha value is -5.42. The quantitative estimate of drug-likeness (QED) is 0.242. The number of aryl methyl sites for hydroxylation is 1. The van der Waals surface area contributed by atoms with Crippen molar-refractivity contribution in [1.82, 2.24) is 34.8 Å². The molecule has 43 heavy (non-hydrogen) atoms. The first-order valence-electron chi connectivity index (χ1n) is 13.7. The molecule has 0 radical (unpaired) electrons. The van der Waals surface area contributed by atoms with Crippen molar-refractivity contribution in [2.24, 2.45) is 0 Å². The van der Waals surface area contributed by atoms with Gasteiger partial charge in [-0.2, -0.15) is 0 Å². The monoisotopic (exact) mass is 576 g/mol. The number of aromatic amines is 1. The zero-order chi connectivity index (χ0) is 30.1. The summed E-state index contributed by atoms with van der Waals surface area (Å²) >= 11 is 0. The third kappa shape index (κ3) is 5.45. The van der Waals surface area contributed by atoms with Gasteiger partial charge in [-0.1, -0.05) is 29.5 Å². The molecule has 4 heterocycles. The van der Waals surface area contributed by atoms with E-state index in [1.54, 1.807) is 49.3 Å². The number of H-pyrrole nitrogens is 1. The Kier molecular flexibility index (Phi) is 7.39. The van der Waals surface area contributed by atoms with Crippen molar-refractivity contribution in [2.45, 2.75) is 26.4 Å². The van der Waals surface area contributed by atoms with Crippen molar-refractivity contribution in [3.63, 3.8) is 0 Å². The highest BCUT2D eigenvalue weighted by Gasteiger charge is 2.17. The van der Waals surface area contributed by atoms with Crippen LogP contribution in [0.1, 0.15) is 18.1 Å². The molecule has 216 valence electrons. The van der Waals surface area contributed by atoms with E-state index >= 15 is 0 Å².